The van der Waals surface area contributed by atoms with E-state index in [1.807, 2.05) is 6.92 Å². The Morgan fingerprint density at radius 1 is 2.00 bits per heavy atom. The van der Waals surface area contributed by atoms with Crippen molar-refractivity contribution >= 4 is 17.8 Å². The number of thiocarbonyl (C=S) groups is 1. The fourth-order valence-corrected chi connectivity index (χ4v) is 0.204. The molecule has 0 saturated carbocycles. The van der Waals surface area contributed by atoms with Crippen molar-refractivity contribution in [1.82, 2.24) is 0 Å². The molecule has 0 amide bonds. The van der Waals surface area contributed by atoms with Gasteiger partial charge >= 0.3 is 0 Å². The average Bonchev–Trinajstić information content (AvgIpc) is 1.41. The van der Waals surface area contributed by atoms with Crippen molar-refractivity contribution in [3.8, 4) is 0 Å². The average molecular weight is 90.1 g/mol. The van der Waals surface area contributed by atoms with Gasteiger partial charge in [0.25, 0.3) is 0 Å². The molecule has 30 valence electrons. The van der Waals surface area contributed by atoms with E-state index >= 15 is 0 Å². The summed E-state index contributed by atoms with van der Waals surface area (Å²) in [5, 5.41) is 0. The summed E-state index contributed by atoms with van der Waals surface area (Å²) in [7, 11) is 0. The molecule has 0 aromatic heterocycles. The molecule has 0 spiro atoms. The zero-order valence-electron chi connectivity index (χ0n) is 3.10. The molecule has 0 heterocycles. The molecule has 0 aliphatic heterocycles. The van der Waals surface area contributed by atoms with Crippen LogP contribution in [0, 0.1) is 0 Å². The lowest BCUT2D eigenvalue weighted by Crippen LogP contribution is -1.78. The predicted molar refractivity (Wildman–Crippen MR) is 25.3 cm³/mol. The first-order chi connectivity index (χ1) is 2.41. The number of hydrogen-bond donors (Lipinski definition) is 0. The first-order valence-corrected chi connectivity index (χ1v) is 1.94. The highest BCUT2D eigenvalue weighted by Gasteiger charge is 1.57. The highest BCUT2D eigenvalue weighted by atomic mass is 32.1. The Hall–Kier alpha value is -0.110. The van der Waals surface area contributed by atoms with Gasteiger partial charge in [-0.05, 0) is 19.1 Å². The predicted octanol–water partition coefficient (Wildman–Crippen LogP) is 0.980. The van der Waals surface area contributed by atoms with E-state index in [4.69, 9.17) is 0 Å². The lowest BCUT2D eigenvalue weighted by Gasteiger charge is -1.82. The molecule has 0 unspecified atom stereocenters. The molecular weight excluding hydrogens is 84.1 g/mol. The van der Waals surface area contributed by atoms with E-state index in [0.717, 1.165) is 0 Å². The molecule has 2 heteroatoms. The Kier molecular flexibility index (Phi) is 3.80. The zero-order valence-corrected chi connectivity index (χ0v) is 3.92. The molecule has 0 saturated heterocycles. The maximum absolute atomic E-state index is 4.52. The Morgan fingerprint density at radius 2 is 2.60 bits per heavy atom. The largest absolute Gasteiger partial charge is 0.490 e. The van der Waals surface area contributed by atoms with E-state index in [-0.39, 0.29) is 0 Å². The van der Waals surface area contributed by atoms with E-state index < -0.39 is 0 Å². The molecule has 0 aromatic carbocycles. The van der Waals surface area contributed by atoms with Crippen LogP contribution in [0.25, 0.3) is 0 Å². The normalized spacial score (nSPS) is 6.60. The van der Waals surface area contributed by atoms with E-state index in [9.17, 15) is 0 Å². The highest BCUT2D eigenvalue weighted by Crippen LogP contribution is 1.59. The van der Waals surface area contributed by atoms with Crippen molar-refractivity contribution in [3.05, 3.63) is 0 Å². The van der Waals surface area contributed by atoms with Gasteiger partial charge in [-0.1, -0.05) is 0 Å². The van der Waals surface area contributed by atoms with E-state index in [2.05, 4.69) is 17.0 Å². The topological polar surface area (TPSA) is 9.23 Å². The number of ether oxygens (including phenoxy) is 1. The third kappa shape index (κ3) is 3.89. The van der Waals surface area contributed by atoms with E-state index in [1.165, 1.54) is 5.55 Å². The van der Waals surface area contributed by atoms with Gasteiger partial charge in [0.05, 0.1) is 6.61 Å². The fraction of sp³-hybridized carbons (Fsp3) is 0.667. The lowest BCUT2D eigenvalue weighted by molar-refractivity contribution is 0.351. The number of rotatable bonds is 2. The summed E-state index contributed by atoms with van der Waals surface area (Å²) in [6.45, 7) is 2.58. The van der Waals surface area contributed by atoms with Crippen molar-refractivity contribution < 1.29 is 4.74 Å². The molecule has 0 rings (SSSR count). The van der Waals surface area contributed by atoms with Crippen LogP contribution in [0.2, 0.25) is 0 Å². The van der Waals surface area contributed by atoms with Crippen LogP contribution < -0.4 is 0 Å². The second kappa shape index (κ2) is 3.89. The van der Waals surface area contributed by atoms with Gasteiger partial charge in [0.1, 0.15) is 5.55 Å². The highest BCUT2D eigenvalue weighted by molar-refractivity contribution is 7.78. The summed E-state index contributed by atoms with van der Waals surface area (Å²) in [5.41, 5.74) is 1.26. The first-order valence-electron chi connectivity index (χ1n) is 1.47. The van der Waals surface area contributed by atoms with Gasteiger partial charge in [-0.2, -0.15) is 0 Å². The number of hydrogen-bond acceptors (Lipinski definition) is 2. The smallest absolute Gasteiger partial charge is 0.146 e. The standard InChI is InChI=1S/C3H6OS/c1-2-4-3-5/h3H,2H2,1H3. The van der Waals surface area contributed by atoms with Gasteiger partial charge in [-0.25, -0.2) is 0 Å². The van der Waals surface area contributed by atoms with E-state index in [1.54, 1.807) is 0 Å². The van der Waals surface area contributed by atoms with Gasteiger partial charge in [-0.15, -0.1) is 0 Å². The second-order valence-corrected chi connectivity index (χ2v) is 0.744. The van der Waals surface area contributed by atoms with Gasteiger partial charge in [0.2, 0.25) is 0 Å². The summed E-state index contributed by atoms with van der Waals surface area (Å²) in [6.07, 6.45) is 0. The molecule has 0 fully saturated rings. The summed E-state index contributed by atoms with van der Waals surface area (Å²) in [5.74, 6) is 0. The van der Waals surface area contributed by atoms with Gasteiger partial charge in [0.15, 0.2) is 0 Å². The minimum Gasteiger partial charge on any atom is -0.490 e. The molecule has 0 aliphatic carbocycles. The summed E-state index contributed by atoms with van der Waals surface area (Å²) in [6, 6.07) is 0. The first kappa shape index (κ1) is 4.89. The third-order valence-electron chi connectivity index (χ3n) is 0.235. The molecule has 0 N–H and O–H groups in total. The van der Waals surface area contributed by atoms with Crippen LogP contribution in [0.3, 0.4) is 0 Å². The fourth-order valence-electron chi connectivity index (χ4n) is 0.0680. The monoisotopic (exact) mass is 90.0 g/mol. The van der Waals surface area contributed by atoms with Crippen LogP contribution in [0.1, 0.15) is 6.92 Å². The molecule has 0 aliphatic rings. The summed E-state index contributed by atoms with van der Waals surface area (Å²) in [4.78, 5) is 0. The third-order valence-corrected chi connectivity index (χ3v) is 0.371. The lowest BCUT2D eigenvalue weighted by atomic mass is 10.9. The van der Waals surface area contributed by atoms with Crippen molar-refractivity contribution in [2.45, 2.75) is 6.92 Å². The quantitative estimate of drug-likeness (QED) is 0.467. The van der Waals surface area contributed by atoms with Crippen molar-refractivity contribution in [2.75, 3.05) is 6.61 Å². The molecular formula is C3H6OS. The Balaban J connectivity index is 2.40. The molecule has 0 atom stereocenters. The molecule has 1 nitrogen and oxygen atoms in total. The molecule has 0 radical (unpaired) electrons. The maximum Gasteiger partial charge on any atom is 0.146 e. The Morgan fingerprint density at radius 3 is 2.60 bits per heavy atom. The van der Waals surface area contributed by atoms with Crippen LogP contribution in [0.5, 0.6) is 0 Å². The molecule has 0 aromatic rings. The zero-order chi connectivity index (χ0) is 4.12. The Labute approximate surface area is 36.9 Å². The van der Waals surface area contributed by atoms with Gasteiger partial charge < -0.3 is 4.74 Å². The minimum atomic E-state index is 0.684. The maximum atomic E-state index is 4.52. The summed E-state index contributed by atoms with van der Waals surface area (Å²) >= 11 is 4.30. The minimum absolute atomic E-state index is 0.684. The van der Waals surface area contributed by atoms with Gasteiger partial charge in [0, 0.05) is 0 Å². The van der Waals surface area contributed by atoms with Crippen molar-refractivity contribution in [3.63, 3.8) is 0 Å². The van der Waals surface area contributed by atoms with Crippen LogP contribution in [-0.2, 0) is 4.74 Å². The van der Waals surface area contributed by atoms with Gasteiger partial charge in [-0.3, -0.25) is 0 Å². The van der Waals surface area contributed by atoms with Crippen LogP contribution in [0.4, 0.5) is 0 Å². The summed E-state index contributed by atoms with van der Waals surface area (Å²) < 4.78 is 4.52. The van der Waals surface area contributed by atoms with Crippen LogP contribution in [0.15, 0.2) is 0 Å². The van der Waals surface area contributed by atoms with Crippen LogP contribution in [-0.4, -0.2) is 12.2 Å². The SMILES string of the molecule is CCOC=S. The van der Waals surface area contributed by atoms with E-state index in [0.29, 0.717) is 6.61 Å². The Bertz CT molecular complexity index is 28.1. The van der Waals surface area contributed by atoms with Crippen molar-refractivity contribution in [2.24, 2.45) is 0 Å². The van der Waals surface area contributed by atoms with Crippen molar-refractivity contribution in [1.29, 1.82) is 0 Å². The molecule has 5 heavy (non-hydrogen) atoms. The molecule has 0 bridgehead atoms. The van der Waals surface area contributed by atoms with Crippen LogP contribution >= 0.6 is 12.2 Å². The second-order valence-electron chi connectivity index (χ2n) is 0.552.